The second kappa shape index (κ2) is 6.88. The molecule has 0 radical (unpaired) electrons. The highest BCUT2D eigenvalue weighted by Crippen LogP contribution is 2.22. The van der Waals surface area contributed by atoms with Crippen LogP contribution < -0.4 is 4.74 Å². The molecule has 1 saturated heterocycles. The first-order valence-corrected chi connectivity index (χ1v) is 9.93. The zero-order chi connectivity index (χ0) is 18.0. The number of ether oxygens (including phenoxy) is 1. The first kappa shape index (κ1) is 17.5. The van der Waals surface area contributed by atoms with Crippen LogP contribution in [0.5, 0.6) is 5.75 Å². The molecule has 2 aromatic carbocycles. The molecule has 5 nitrogen and oxygen atoms in total. The molecule has 1 unspecified atom stereocenters. The quantitative estimate of drug-likeness (QED) is 0.787. The van der Waals surface area contributed by atoms with Gasteiger partial charge in [-0.25, -0.2) is 8.42 Å². The molecule has 1 aliphatic rings. The second-order valence-electron chi connectivity index (χ2n) is 6.31. The lowest BCUT2D eigenvalue weighted by atomic mass is 10.1. The maximum Gasteiger partial charge on any atom is 0.246 e. The molecular weight excluding hydrogens is 338 g/mol. The fourth-order valence-electron chi connectivity index (χ4n) is 3.02. The smallest absolute Gasteiger partial charge is 0.246 e. The molecule has 1 amide bonds. The van der Waals surface area contributed by atoms with Crippen LogP contribution in [0.2, 0.25) is 0 Å². The van der Waals surface area contributed by atoms with E-state index in [2.05, 4.69) is 0 Å². The molecule has 25 heavy (non-hydrogen) atoms. The molecule has 1 fully saturated rings. The molecule has 1 atom stereocenters. The number of methoxy groups -OCH3 is 1. The third-order valence-electron chi connectivity index (χ3n) is 4.59. The van der Waals surface area contributed by atoms with Crippen LogP contribution in [0.4, 0.5) is 0 Å². The van der Waals surface area contributed by atoms with Crippen LogP contribution in [0.1, 0.15) is 12.0 Å². The van der Waals surface area contributed by atoms with Crippen LogP contribution in [-0.4, -0.2) is 50.9 Å². The van der Waals surface area contributed by atoms with Crippen molar-refractivity contribution in [1.29, 1.82) is 0 Å². The maximum absolute atomic E-state index is 12.3. The van der Waals surface area contributed by atoms with Gasteiger partial charge in [0.2, 0.25) is 5.91 Å². The Labute approximate surface area is 147 Å². The van der Waals surface area contributed by atoms with E-state index in [0.29, 0.717) is 6.42 Å². The summed E-state index contributed by atoms with van der Waals surface area (Å²) in [6, 6.07) is 11.5. The molecule has 2 aromatic rings. The largest absolute Gasteiger partial charge is 0.497 e. The highest BCUT2D eigenvalue weighted by atomic mass is 32.2. The van der Waals surface area contributed by atoms with Gasteiger partial charge < -0.3 is 9.64 Å². The van der Waals surface area contributed by atoms with Crippen molar-refractivity contribution in [3.8, 4) is 5.75 Å². The summed E-state index contributed by atoms with van der Waals surface area (Å²) < 4.78 is 28.3. The van der Waals surface area contributed by atoms with E-state index in [9.17, 15) is 13.2 Å². The Hall–Kier alpha value is -2.34. The van der Waals surface area contributed by atoms with E-state index in [1.165, 1.54) is 11.0 Å². The summed E-state index contributed by atoms with van der Waals surface area (Å²) in [6.45, 7) is 0. The molecule has 0 aromatic heterocycles. The predicted octanol–water partition coefficient (Wildman–Crippen LogP) is 2.51. The standard InChI is InChI=1S/C19H21NO4S/c1-20(17-9-10-25(22,23)13-17)19(21)8-4-14-3-5-16-12-18(24-2)7-6-15(16)11-14/h3-8,11-12,17H,9-10,13H2,1-2H3/b8-4+. The summed E-state index contributed by atoms with van der Waals surface area (Å²) in [4.78, 5) is 13.8. The van der Waals surface area contributed by atoms with Gasteiger partial charge in [-0.3, -0.25) is 4.79 Å². The summed E-state index contributed by atoms with van der Waals surface area (Å²) in [5.74, 6) is 0.838. The van der Waals surface area contributed by atoms with Crippen molar-refractivity contribution >= 4 is 32.6 Å². The van der Waals surface area contributed by atoms with Gasteiger partial charge in [-0.2, -0.15) is 0 Å². The van der Waals surface area contributed by atoms with Crippen LogP contribution >= 0.6 is 0 Å². The monoisotopic (exact) mass is 359 g/mol. The van der Waals surface area contributed by atoms with Gasteiger partial charge in [0.15, 0.2) is 9.84 Å². The third kappa shape index (κ3) is 4.02. The number of benzene rings is 2. The zero-order valence-corrected chi connectivity index (χ0v) is 15.1. The maximum atomic E-state index is 12.3. The summed E-state index contributed by atoms with van der Waals surface area (Å²) in [5, 5.41) is 2.13. The van der Waals surface area contributed by atoms with Crippen LogP contribution in [0.3, 0.4) is 0 Å². The van der Waals surface area contributed by atoms with Gasteiger partial charge >= 0.3 is 0 Å². The third-order valence-corrected chi connectivity index (χ3v) is 6.34. The molecule has 0 bridgehead atoms. The number of rotatable bonds is 4. The molecule has 1 aliphatic heterocycles. The van der Waals surface area contributed by atoms with Crippen molar-refractivity contribution in [3.63, 3.8) is 0 Å². The van der Waals surface area contributed by atoms with Gasteiger partial charge in [0.05, 0.1) is 18.6 Å². The van der Waals surface area contributed by atoms with Crippen molar-refractivity contribution in [2.45, 2.75) is 12.5 Å². The van der Waals surface area contributed by atoms with Gasteiger partial charge in [0, 0.05) is 19.2 Å². The number of carbonyl (C=O) groups excluding carboxylic acids is 1. The molecule has 1 heterocycles. The minimum atomic E-state index is -3.00. The first-order valence-electron chi connectivity index (χ1n) is 8.11. The first-order chi connectivity index (χ1) is 11.9. The lowest BCUT2D eigenvalue weighted by Gasteiger charge is -2.21. The van der Waals surface area contributed by atoms with Crippen molar-refractivity contribution < 1.29 is 17.9 Å². The van der Waals surface area contributed by atoms with Crippen LogP contribution in [0.25, 0.3) is 16.8 Å². The molecule has 0 N–H and O–H groups in total. The molecule has 6 heteroatoms. The Bertz CT molecular complexity index is 934. The molecule has 0 aliphatic carbocycles. The average molecular weight is 359 g/mol. The topological polar surface area (TPSA) is 63.7 Å². The molecular formula is C19H21NO4S. The van der Waals surface area contributed by atoms with Gasteiger partial charge in [-0.1, -0.05) is 18.2 Å². The van der Waals surface area contributed by atoms with E-state index in [-0.39, 0.29) is 23.5 Å². The Morgan fingerprint density at radius 3 is 2.60 bits per heavy atom. The lowest BCUT2D eigenvalue weighted by Crippen LogP contribution is -2.36. The van der Waals surface area contributed by atoms with Gasteiger partial charge in [-0.05, 0) is 47.0 Å². The normalized spacial score (nSPS) is 19.4. The molecule has 132 valence electrons. The van der Waals surface area contributed by atoms with E-state index in [0.717, 1.165) is 22.1 Å². The summed E-state index contributed by atoms with van der Waals surface area (Å²) in [7, 11) is 0.293. The number of sulfone groups is 1. The second-order valence-corrected chi connectivity index (χ2v) is 8.54. The van der Waals surface area contributed by atoms with E-state index in [1.807, 2.05) is 36.4 Å². The van der Waals surface area contributed by atoms with Crippen molar-refractivity contribution in [3.05, 3.63) is 48.0 Å². The van der Waals surface area contributed by atoms with E-state index >= 15 is 0 Å². The lowest BCUT2D eigenvalue weighted by molar-refractivity contribution is -0.126. The number of hydrogen-bond acceptors (Lipinski definition) is 4. The number of carbonyl (C=O) groups is 1. The summed E-state index contributed by atoms with van der Waals surface area (Å²) in [6.07, 6.45) is 3.76. The van der Waals surface area contributed by atoms with Gasteiger partial charge in [-0.15, -0.1) is 0 Å². The SMILES string of the molecule is COc1ccc2cc(/C=C/C(=O)N(C)C3CCS(=O)(=O)C3)ccc2c1. The fourth-order valence-corrected chi connectivity index (χ4v) is 4.79. The molecule has 0 spiro atoms. The molecule has 3 rings (SSSR count). The number of hydrogen-bond donors (Lipinski definition) is 0. The molecule has 0 saturated carbocycles. The number of fused-ring (bicyclic) bond motifs is 1. The highest BCUT2D eigenvalue weighted by Gasteiger charge is 2.31. The van der Waals surface area contributed by atoms with Crippen molar-refractivity contribution in [1.82, 2.24) is 4.90 Å². The van der Waals surface area contributed by atoms with E-state index in [1.54, 1.807) is 20.2 Å². The van der Waals surface area contributed by atoms with Crippen molar-refractivity contribution in [2.75, 3.05) is 25.7 Å². The Balaban J connectivity index is 1.72. The number of amides is 1. The van der Waals surface area contributed by atoms with Crippen LogP contribution in [0, 0.1) is 0 Å². The minimum Gasteiger partial charge on any atom is -0.497 e. The van der Waals surface area contributed by atoms with E-state index in [4.69, 9.17) is 4.74 Å². The van der Waals surface area contributed by atoms with Crippen molar-refractivity contribution in [2.24, 2.45) is 0 Å². The van der Waals surface area contributed by atoms with Gasteiger partial charge in [0.1, 0.15) is 5.75 Å². The average Bonchev–Trinajstić information content (AvgIpc) is 2.98. The summed E-state index contributed by atoms with van der Waals surface area (Å²) >= 11 is 0. The predicted molar refractivity (Wildman–Crippen MR) is 99.4 cm³/mol. The zero-order valence-electron chi connectivity index (χ0n) is 14.3. The fraction of sp³-hybridized carbons (Fsp3) is 0.316. The minimum absolute atomic E-state index is 0.0564. The van der Waals surface area contributed by atoms with Gasteiger partial charge in [0.25, 0.3) is 0 Å². The number of nitrogens with zero attached hydrogens (tertiary/aromatic N) is 1. The van der Waals surface area contributed by atoms with Crippen LogP contribution in [0.15, 0.2) is 42.5 Å². The van der Waals surface area contributed by atoms with E-state index < -0.39 is 9.84 Å². The Morgan fingerprint density at radius 2 is 1.92 bits per heavy atom. The highest BCUT2D eigenvalue weighted by molar-refractivity contribution is 7.91. The Kier molecular flexibility index (Phi) is 4.81. The summed E-state index contributed by atoms with van der Waals surface area (Å²) in [5.41, 5.74) is 0.915. The Morgan fingerprint density at radius 1 is 1.20 bits per heavy atom. The van der Waals surface area contributed by atoms with Crippen LogP contribution in [-0.2, 0) is 14.6 Å². The number of likely N-dealkylation sites (N-methyl/N-ethyl adjacent to an activating group) is 1.